The number of pyridine rings is 1. The van der Waals surface area contributed by atoms with Gasteiger partial charge >= 0.3 is 0 Å². The fraction of sp³-hybridized carbons (Fsp3) is 0.417. The Bertz CT molecular complexity index is 886. The third kappa shape index (κ3) is 6.88. The van der Waals surface area contributed by atoms with E-state index in [-0.39, 0.29) is 12.4 Å². The number of methoxy groups -OCH3 is 4. The first-order valence-corrected chi connectivity index (χ1v) is 10.4. The number of allylic oxidation sites excluding steroid dienone is 1. The third-order valence-electron chi connectivity index (χ3n) is 4.74. The number of benzene rings is 1. The first kappa shape index (κ1) is 25.0. The molecule has 1 N–H and O–H groups in total. The molecule has 32 heavy (non-hydrogen) atoms. The number of hydrogen-bond acceptors (Lipinski definition) is 8. The molecule has 1 heterocycles. The Kier molecular flexibility index (Phi) is 10.3. The monoisotopic (exact) mass is 445 g/mol. The van der Waals surface area contributed by atoms with E-state index in [1.807, 2.05) is 0 Å². The number of aromatic nitrogens is 1. The molecule has 0 fully saturated rings. The summed E-state index contributed by atoms with van der Waals surface area (Å²) in [6, 6.07) is 4.92. The maximum Gasteiger partial charge on any atom is 0.203 e. The Morgan fingerprint density at radius 2 is 1.53 bits per heavy atom. The minimum Gasteiger partial charge on any atom is -0.493 e. The van der Waals surface area contributed by atoms with Crippen molar-refractivity contribution < 1.29 is 33.6 Å². The summed E-state index contributed by atoms with van der Waals surface area (Å²) in [5, 5.41) is 8.83. The van der Waals surface area contributed by atoms with Gasteiger partial charge in [0, 0.05) is 18.2 Å². The number of nitrogens with zero attached hydrogens (tertiary/aromatic N) is 1. The van der Waals surface area contributed by atoms with Crippen LogP contribution in [0.1, 0.15) is 41.7 Å². The Hall–Kier alpha value is -3.26. The summed E-state index contributed by atoms with van der Waals surface area (Å²) in [4.78, 5) is 17.0. The molecule has 174 valence electrons. The zero-order valence-electron chi connectivity index (χ0n) is 19.1. The molecule has 0 saturated carbocycles. The Labute approximate surface area is 188 Å². The van der Waals surface area contributed by atoms with Crippen molar-refractivity contribution in [1.82, 2.24) is 4.98 Å². The van der Waals surface area contributed by atoms with Gasteiger partial charge in [0.2, 0.25) is 5.75 Å². The number of aliphatic hydroxyl groups excluding tert-OH is 1. The highest BCUT2D eigenvalue weighted by Crippen LogP contribution is 2.38. The van der Waals surface area contributed by atoms with Gasteiger partial charge in [-0.25, -0.2) is 0 Å². The highest BCUT2D eigenvalue weighted by Gasteiger charge is 2.16. The van der Waals surface area contributed by atoms with E-state index in [4.69, 9.17) is 28.8 Å². The van der Waals surface area contributed by atoms with Crippen LogP contribution in [0, 0.1) is 0 Å². The number of unbranched alkanes of at least 4 members (excludes halogenated alkanes) is 3. The predicted molar refractivity (Wildman–Crippen MR) is 121 cm³/mol. The molecule has 0 aliphatic carbocycles. The van der Waals surface area contributed by atoms with Crippen molar-refractivity contribution in [2.24, 2.45) is 0 Å². The number of hydrogen-bond donors (Lipinski definition) is 1. The van der Waals surface area contributed by atoms with E-state index in [1.165, 1.54) is 27.4 Å². The average Bonchev–Trinajstić information content (AvgIpc) is 2.83. The van der Waals surface area contributed by atoms with Crippen LogP contribution in [0.3, 0.4) is 0 Å². The SMILES string of the molecule is COc1cnc(/C=C/C(=O)c2cc(OC)c(OC)c(OC)c2)cc1OCCCCCCO. The molecule has 0 saturated heterocycles. The fourth-order valence-electron chi connectivity index (χ4n) is 3.03. The molecule has 2 aromatic rings. The smallest absolute Gasteiger partial charge is 0.203 e. The second-order valence-electron chi connectivity index (χ2n) is 6.86. The van der Waals surface area contributed by atoms with Gasteiger partial charge in [-0.05, 0) is 43.5 Å². The maximum atomic E-state index is 12.7. The molecule has 1 aromatic heterocycles. The number of ether oxygens (including phenoxy) is 5. The van der Waals surface area contributed by atoms with Crippen molar-refractivity contribution in [1.29, 1.82) is 0 Å². The quantitative estimate of drug-likeness (QED) is 0.265. The van der Waals surface area contributed by atoms with Crippen LogP contribution in [0.2, 0.25) is 0 Å². The van der Waals surface area contributed by atoms with Gasteiger partial charge in [0.25, 0.3) is 0 Å². The summed E-state index contributed by atoms with van der Waals surface area (Å²) in [7, 11) is 6.05. The number of aliphatic hydroxyl groups is 1. The van der Waals surface area contributed by atoms with E-state index in [9.17, 15) is 4.79 Å². The van der Waals surface area contributed by atoms with E-state index in [1.54, 1.807) is 37.6 Å². The first-order valence-electron chi connectivity index (χ1n) is 10.4. The highest BCUT2D eigenvalue weighted by molar-refractivity contribution is 6.07. The molecule has 0 bridgehead atoms. The van der Waals surface area contributed by atoms with Crippen LogP contribution in [0.25, 0.3) is 6.08 Å². The van der Waals surface area contributed by atoms with Crippen molar-refractivity contribution in [2.75, 3.05) is 41.7 Å². The molecule has 0 aliphatic rings. The molecule has 0 atom stereocenters. The molecule has 0 spiro atoms. The summed E-state index contributed by atoms with van der Waals surface area (Å²) >= 11 is 0. The maximum absolute atomic E-state index is 12.7. The van der Waals surface area contributed by atoms with Gasteiger partial charge in [-0.1, -0.05) is 6.42 Å². The molecule has 0 amide bonds. The van der Waals surface area contributed by atoms with Gasteiger partial charge in [0.15, 0.2) is 28.8 Å². The van der Waals surface area contributed by atoms with Crippen molar-refractivity contribution in [3.05, 3.63) is 41.7 Å². The minimum atomic E-state index is -0.242. The van der Waals surface area contributed by atoms with Crippen LogP contribution in [0.4, 0.5) is 0 Å². The molecule has 1 aromatic carbocycles. The molecule has 0 unspecified atom stereocenters. The van der Waals surface area contributed by atoms with Gasteiger partial charge in [-0.2, -0.15) is 0 Å². The number of ketones is 1. The summed E-state index contributed by atoms with van der Waals surface area (Å²) < 4.78 is 27.0. The van der Waals surface area contributed by atoms with Crippen molar-refractivity contribution in [3.63, 3.8) is 0 Å². The van der Waals surface area contributed by atoms with Gasteiger partial charge in [-0.15, -0.1) is 0 Å². The van der Waals surface area contributed by atoms with Crippen LogP contribution < -0.4 is 23.7 Å². The lowest BCUT2D eigenvalue weighted by Gasteiger charge is -2.13. The number of rotatable bonds is 14. The lowest BCUT2D eigenvalue weighted by Crippen LogP contribution is -2.01. The van der Waals surface area contributed by atoms with E-state index in [0.29, 0.717) is 46.6 Å². The Morgan fingerprint density at radius 3 is 2.12 bits per heavy atom. The average molecular weight is 446 g/mol. The van der Waals surface area contributed by atoms with Crippen LogP contribution in [-0.4, -0.2) is 57.5 Å². The highest BCUT2D eigenvalue weighted by atomic mass is 16.5. The zero-order valence-corrected chi connectivity index (χ0v) is 19.1. The largest absolute Gasteiger partial charge is 0.493 e. The summed E-state index contributed by atoms with van der Waals surface area (Å²) in [5.41, 5.74) is 0.950. The topological polar surface area (TPSA) is 96.3 Å². The summed E-state index contributed by atoms with van der Waals surface area (Å²) in [6.07, 6.45) is 8.20. The molecule has 2 rings (SSSR count). The number of carbonyl (C=O) groups excluding carboxylic acids is 1. The molecule has 0 radical (unpaired) electrons. The predicted octanol–water partition coefficient (Wildman–Crippen LogP) is 3.94. The van der Waals surface area contributed by atoms with Gasteiger partial charge < -0.3 is 28.8 Å². The summed E-state index contributed by atoms with van der Waals surface area (Å²) in [6.45, 7) is 0.739. The standard InChI is InChI=1S/C24H31NO7/c1-28-21-13-17(14-22(29-2)24(21)31-4)19(27)10-9-18-15-20(23(30-3)16-25-18)32-12-8-6-5-7-11-26/h9-10,13-16,26H,5-8,11-12H2,1-4H3/b10-9+. The van der Waals surface area contributed by atoms with Crippen molar-refractivity contribution in [2.45, 2.75) is 25.7 Å². The molecular formula is C24H31NO7. The van der Waals surface area contributed by atoms with Gasteiger partial charge in [0.05, 0.1) is 46.9 Å². The second-order valence-corrected chi connectivity index (χ2v) is 6.86. The molecule has 0 aliphatic heterocycles. The van der Waals surface area contributed by atoms with E-state index < -0.39 is 0 Å². The lowest BCUT2D eigenvalue weighted by atomic mass is 10.1. The lowest BCUT2D eigenvalue weighted by molar-refractivity contribution is 0.104. The van der Waals surface area contributed by atoms with Gasteiger partial charge in [0.1, 0.15) is 0 Å². The minimum absolute atomic E-state index is 0.212. The Morgan fingerprint density at radius 1 is 0.875 bits per heavy atom. The summed E-state index contributed by atoms with van der Waals surface area (Å²) in [5.74, 6) is 2.07. The van der Waals surface area contributed by atoms with E-state index >= 15 is 0 Å². The van der Waals surface area contributed by atoms with Gasteiger partial charge in [-0.3, -0.25) is 9.78 Å². The van der Waals surface area contributed by atoms with Crippen LogP contribution in [-0.2, 0) is 0 Å². The molecule has 8 heteroatoms. The molecular weight excluding hydrogens is 414 g/mol. The number of carbonyl (C=O) groups is 1. The normalized spacial score (nSPS) is 10.8. The van der Waals surface area contributed by atoms with Crippen molar-refractivity contribution >= 4 is 11.9 Å². The van der Waals surface area contributed by atoms with Crippen LogP contribution in [0.15, 0.2) is 30.5 Å². The second kappa shape index (κ2) is 13.2. The third-order valence-corrected chi connectivity index (χ3v) is 4.74. The van der Waals surface area contributed by atoms with Crippen LogP contribution in [0.5, 0.6) is 28.7 Å². The molecule has 8 nitrogen and oxygen atoms in total. The fourth-order valence-corrected chi connectivity index (χ4v) is 3.03. The van der Waals surface area contributed by atoms with Crippen LogP contribution >= 0.6 is 0 Å². The van der Waals surface area contributed by atoms with E-state index in [2.05, 4.69) is 4.98 Å². The van der Waals surface area contributed by atoms with Crippen molar-refractivity contribution in [3.8, 4) is 28.7 Å². The Balaban J connectivity index is 2.13. The first-order chi connectivity index (χ1) is 15.6. The van der Waals surface area contributed by atoms with E-state index in [0.717, 1.165) is 25.7 Å². The zero-order chi connectivity index (χ0) is 23.3.